The molecule has 0 aliphatic rings. The first-order valence-corrected chi connectivity index (χ1v) is 11.4. The highest BCUT2D eigenvalue weighted by Gasteiger charge is 2.24. The summed E-state index contributed by atoms with van der Waals surface area (Å²) in [6.45, 7) is 3.96. The fourth-order valence-corrected chi connectivity index (χ4v) is 4.50. The van der Waals surface area contributed by atoms with E-state index < -0.39 is 15.8 Å². The summed E-state index contributed by atoms with van der Waals surface area (Å²) in [6, 6.07) is 19.1. The molecule has 0 unspecified atom stereocenters. The number of anilines is 1. The third-order valence-corrected chi connectivity index (χ3v) is 6.91. The maximum Gasteiger partial charge on any atom is 0.264 e. The number of nitrogens with zero attached hydrogens (tertiary/aromatic N) is 1. The van der Waals surface area contributed by atoms with Gasteiger partial charge in [-0.05, 0) is 49.2 Å². The molecule has 0 heterocycles. The molecule has 3 aromatic rings. The number of halogens is 1. The van der Waals surface area contributed by atoms with E-state index in [9.17, 15) is 17.6 Å². The maximum atomic E-state index is 14.1. The lowest BCUT2D eigenvalue weighted by molar-refractivity contribution is 0.0935. The lowest BCUT2D eigenvalue weighted by atomic mass is 10.0. The standard InChI is InChI=1S/C24H25FN2O3S/c1-4-22(18-14-12-17(2)13-15-18)26-24(28)19-8-7-9-20(16-19)31(29,30)27(3)23-11-6-5-10-21(23)25/h5-16,22H,4H2,1-3H3,(H,26,28)/t22-/m1/s1. The van der Waals surface area contributed by atoms with Crippen LogP contribution >= 0.6 is 0 Å². The number of amides is 1. The van der Waals surface area contributed by atoms with E-state index in [1.54, 1.807) is 12.1 Å². The molecule has 0 aliphatic carbocycles. The van der Waals surface area contributed by atoms with Crippen LogP contribution in [0.3, 0.4) is 0 Å². The van der Waals surface area contributed by atoms with Crippen molar-refractivity contribution in [3.63, 3.8) is 0 Å². The van der Waals surface area contributed by atoms with Crippen LogP contribution in [0.15, 0.2) is 77.7 Å². The van der Waals surface area contributed by atoms with Gasteiger partial charge in [0.25, 0.3) is 15.9 Å². The predicted octanol–water partition coefficient (Wildman–Crippen LogP) is 4.84. The number of carbonyl (C=O) groups excluding carboxylic acids is 1. The van der Waals surface area contributed by atoms with Crippen molar-refractivity contribution >= 4 is 21.6 Å². The van der Waals surface area contributed by atoms with Crippen LogP contribution in [-0.2, 0) is 10.0 Å². The molecule has 7 heteroatoms. The zero-order valence-corrected chi connectivity index (χ0v) is 18.5. The van der Waals surface area contributed by atoms with Crippen molar-refractivity contribution in [3.05, 3.63) is 95.3 Å². The average molecular weight is 441 g/mol. The summed E-state index contributed by atoms with van der Waals surface area (Å²) in [7, 11) is -2.77. The first kappa shape index (κ1) is 22.5. The van der Waals surface area contributed by atoms with Gasteiger partial charge in [-0.2, -0.15) is 0 Å². The molecule has 31 heavy (non-hydrogen) atoms. The second kappa shape index (κ2) is 9.31. The molecular weight excluding hydrogens is 415 g/mol. The van der Waals surface area contributed by atoms with Gasteiger partial charge in [0.05, 0.1) is 16.6 Å². The van der Waals surface area contributed by atoms with Crippen LogP contribution in [0.2, 0.25) is 0 Å². The minimum absolute atomic E-state index is 0.0669. The molecule has 0 aliphatic heterocycles. The minimum Gasteiger partial charge on any atom is -0.345 e. The van der Waals surface area contributed by atoms with E-state index in [2.05, 4.69) is 5.32 Å². The van der Waals surface area contributed by atoms with Gasteiger partial charge in [-0.25, -0.2) is 12.8 Å². The lowest BCUT2D eigenvalue weighted by Crippen LogP contribution is -2.29. The Labute approximate surface area is 182 Å². The van der Waals surface area contributed by atoms with Gasteiger partial charge in [0.1, 0.15) is 5.82 Å². The third-order valence-electron chi connectivity index (χ3n) is 5.14. The highest BCUT2D eigenvalue weighted by molar-refractivity contribution is 7.92. The zero-order valence-electron chi connectivity index (χ0n) is 17.7. The average Bonchev–Trinajstić information content (AvgIpc) is 2.78. The summed E-state index contributed by atoms with van der Waals surface area (Å²) in [4.78, 5) is 12.8. The summed E-state index contributed by atoms with van der Waals surface area (Å²) >= 11 is 0. The van der Waals surface area contributed by atoms with E-state index in [0.717, 1.165) is 15.4 Å². The van der Waals surface area contributed by atoms with Gasteiger partial charge >= 0.3 is 0 Å². The number of benzene rings is 3. The summed E-state index contributed by atoms with van der Waals surface area (Å²) in [5, 5.41) is 2.96. The molecular formula is C24H25FN2O3S. The van der Waals surface area contributed by atoms with E-state index in [1.165, 1.54) is 43.4 Å². The molecule has 162 valence electrons. The Morgan fingerprint density at radius 1 is 1.03 bits per heavy atom. The van der Waals surface area contributed by atoms with Crippen LogP contribution in [0.1, 0.15) is 40.9 Å². The summed E-state index contributed by atoms with van der Waals surface area (Å²) < 4.78 is 41.0. The van der Waals surface area contributed by atoms with Gasteiger partial charge in [-0.3, -0.25) is 9.10 Å². The number of hydrogen-bond acceptors (Lipinski definition) is 3. The Hall–Kier alpha value is -3.19. The van der Waals surface area contributed by atoms with Crippen molar-refractivity contribution < 1.29 is 17.6 Å². The third kappa shape index (κ3) is 4.94. The van der Waals surface area contributed by atoms with Crippen LogP contribution in [-0.4, -0.2) is 21.4 Å². The number of rotatable bonds is 7. The Balaban J connectivity index is 1.85. The quantitative estimate of drug-likeness (QED) is 0.572. The number of nitrogens with one attached hydrogen (secondary N) is 1. The maximum absolute atomic E-state index is 14.1. The molecule has 0 fully saturated rings. The van der Waals surface area contributed by atoms with Gasteiger partial charge in [0.2, 0.25) is 0 Å². The fraction of sp³-hybridized carbons (Fsp3) is 0.208. The van der Waals surface area contributed by atoms with E-state index in [-0.39, 0.29) is 28.1 Å². The van der Waals surface area contributed by atoms with E-state index in [0.29, 0.717) is 6.42 Å². The molecule has 0 bridgehead atoms. The number of carbonyl (C=O) groups is 1. The van der Waals surface area contributed by atoms with Crippen LogP contribution < -0.4 is 9.62 Å². The Kier molecular flexibility index (Phi) is 6.75. The molecule has 0 spiro atoms. The molecule has 1 N–H and O–H groups in total. The minimum atomic E-state index is -4.05. The van der Waals surface area contributed by atoms with Crippen LogP contribution in [0.25, 0.3) is 0 Å². The first-order valence-electron chi connectivity index (χ1n) is 9.95. The molecule has 3 rings (SSSR count). The van der Waals surface area contributed by atoms with Gasteiger partial charge in [-0.1, -0.05) is 55.0 Å². The van der Waals surface area contributed by atoms with Crippen LogP contribution in [0.4, 0.5) is 10.1 Å². The topological polar surface area (TPSA) is 66.5 Å². The number of para-hydroxylation sites is 1. The highest BCUT2D eigenvalue weighted by atomic mass is 32.2. The highest BCUT2D eigenvalue weighted by Crippen LogP contribution is 2.25. The molecule has 5 nitrogen and oxygen atoms in total. The van der Waals surface area contributed by atoms with Crippen LogP contribution in [0.5, 0.6) is 0 Å². The first-order chi connectivity index (χ1) is 14.7. The van der Waals surface area contributed by atoms with Gasteiger partial charge < -0.3 is 5.32 Å². The Morgan fingerprint density at radius 3 is 2.35 bits per heavy atom. The van der Waals surface area contributed by atoms with Gasteiger partial charge in [0, 0.05) is 12.6 Å². The summed E-state index contributed by atoms with van der Waals surface area (Å²) in [5.41, 5.74) is 2.25. The lowest BCUT2D eigenvalue weighted by Gasteiger charge is -2.21. The van der Waals surface area contributed by atoms with Crippen molar-refractivity contribution in [2.24, 2.45) is 0 Å². The molecule has 0 saturated carbocycles. The van der Waals surface area contributed by atoms with E-state index >= 15 is 0 Å². The van der Waals surface area contributed by atoms with Gasteiger partial charge in [-0.15, -0.1) is 0 Å². The second-order valence-electron chi connectivity index (χ2n) is 7.30. The molecule has 0 saturated heterocycles. The monoisotopic (exact) mass is 440 g/mol. The van der Waals surface area contributed by atoms with E-state index in [1.807, 2.05) is 38.1 Å². The zero-order chi connectivity index (χ0) is 22.6. The summed E-state index contributed by atoms with van der Waals surface area (Å²) in [6.07, 6.45) is 0.683. The molecule has 0 radical (unpaired) electrons. The predicted molar refractivity (Wildman–Crippen MR) is 120 cm³/mol. The van der Waals surface area contributed by atoms with Crippen molar-refractivity contribution in [1.82, 2.24) is 5.32 Å². The molecule has 3 aromatic carbocycles. The summed E-state index contributed by atoms with van der Waals surface area (Å²) in [5.74, 6) is -1.02. The number of sulfonamides is 1. The Morgan fingerprint density at radius 2 is 1.71 bits per heavy atom. The van der Waals surface area contributed by atoms with Crippen molar-refractivity contribution in [2.75, 3.05) is 11.4 Å². The fourth-order valence-electron chi connectivity index (χ4n) is 3.25. The number of hydrogen-bond donors (Lipinski definition) is 1. The van der Waals surface area contributed by atoms with E-state index in [4.69, 9.17) is 0 Å². The molecule has 1 amide bonds. The normalized spacial score (nSPS) is 12.3. The van der Waals surface area contributed by atoms with Crippen molar-refractivity contribution in [3.8, 4) is 0 Å². The van der Waals surface area contributed by atoms with Crippen LogP contribution in [0, 0.1) is 12.7 Å². The van der Waals surface area contributed by atoms with Crippen molar-refractivity contribution in [2.45, 2.75) is 31.2 Å². The second-order valence-corrected chi connectivity index (χ2v) is 9.27. The largest absolute Gasteiger partial charge is 0.345 e. The smallest absolute Gasteiger partial charge is 0.264 e. The SMILES string of the molecule is CC[C@@H](NC(=O)c1cccc(S(=O)(=O)N(C)c2ccccc2F)c1)c1ccc(C)cc1. The number of aryl methyl sites for hydroxylation is 1. The Bertz CT molecular complexity index is 1180. The van der Waals surface area contributed by atoms with Gasteiger partial charge in [0.15, 0.2) is 0 Å². The molecule has 1 atom stereocenters. The molecule has 0 aromatic heterocycles. The van der Waals surface area contributed by atoms with Crippen molar-refractivity contribution in [1.29, 1.82) is 0 Å².